The van der Waals surface area contributed by atoms with Gasteiger partial charge in [-0.15, -0.1) is 0 Å². The largest absolute Gasteiger partial charge is 0.463 e. The Labute approximate surface area is 300 Å². The fourth-order valence-electron chi connectivity index (χ4n) is 4.75. The van der Waals surface area contributed by atoms with Crippen LogP contribution in [0.1, 0.15) is 48.5 Å². The predicted molar refractivity (Wildman–Crippen MR) is 162 cm³/mol. The van der Waals surface area contributed by atoms with Gasteiger partial charge in [0.25, 0.3) is 3.79 Å². The van der Waals surface area contributed by atoms with Crippen LogP contribution in [0.3, 0.4) is 0 Å². The Hall–Kier alpha value is -3.49. The van der Waals surface area contributed by atoms with Gasteiger partial charge in [0.2, 0.25) is 18.3 Å². The lowest BCUT2D eigenvalue weighted by Gasteiger charge is -2.48. The third kappa shape index (κ3) is 13.0. The smallest absolute Gasteiger partial charge is 0.303 e. The van der Waals surface area contributed by atoms with Gasteiger partial charge in [-0.3, -0.25) is 39.0 Å². The van der Waals surface area contributed by atoms with Gasteiger partial charge in [0.15, 0.2) is 30.7 Å². The molecule has 0 aromatic carbocycles. The number of rotatable bonds is 12. The van der Waals surface area contributed by atoms with Crippen LogP contribution >= 0.6 is 34.8 Å². The van der Waals surface area contributed by atoms with Crippen LogP contribution in [0.4, 0.5) is 0 Å². The number of alkyl halides is 3. The molecule has 1 N–H and O–H groups in total. The Morgan fingerprint density at radius 1 is 0.500 bits per heavy atom. The molecule has 2 heterocycles. The summed E-state index contributed by atoms with van der Waals surface area (Å²) in [5, 5.41) is 8.03. The van der Waals surface area contributed by atoms with Crippen LogP contribution in [0.2, 0.25) is 0 Å². The number of carbonyl (C=O) groups is 7. The molecule has 2 rings (SSSR count). The molecule has 0 spiro atoms. The summed E-state index contributed by atoms with van der Waals surface area (Å²) in [7, 11) is 0. The molecule has 19 nitrogen and oxygen atoms in total. The summed E-state index contributed by atoms with van der Waals surface area (Å²) in [6.45, 7) is 5.79. The first-order chi connectivity index (χ1) is 23.1. The summed E-state index contributed by atoms with van der Waals surface area (Å²) in [5.74, 6) is -7.37. The average molecular weight is 781 g/mol. The van der Waals surface area contributed by atoms with Gasteiger partial charge in [0.05, 0.1) is 0 Å². The molecule has 0 amide bonds. The van der Waals surface area contributed by atoms with Gasteiger partial charge >= 0.3 is 41.8 Å². The summed E-state index contributed by atoms with van der Waals surface area (Å²) in [5.41, 5.74) is 0. The van der Waals surface area contributed by atoms with Crippen molar-refractivity contribution in [3.05, 3.63) is 0 Å². The number of nitrogens with one attached hydrogen (secondary N) is 1. The maximum absolute atomic E-state index is 12.4. The minimum atomic E-state index is -2.45. The van der Waals surface area contributed by atoms with Crippen molar-refractivity contribution in [2.75, 3.05) is 13.2 Å². The van der Waals surface area contributed by atoms with E-state index in [0.717, 1.165) is 48.5 Å². The second-order valence-electron chi connectivity index (χ2n) is 10.6. The van der Waals surface area contributed by atoms with E-state index in [1.807, 2.05) is 0 Å². The Morgan fingerprint density at radius 3 is 1.24 bits per heavy atom. The van der Waals surface area contributed by atoms with E-state index in [-0.39, 0.29) is 0 Å². The van der Waals surface area contributed by atoms with Crippen molar-refractivity contribution in [1.29, 1.82) is 5.41 Å². The van der Waals surface area contributed by atoms with Crippen molar-refractivity contribution in [3.8, 4) is 0 Å². The quantitative estimate of drug-likeness (QED) is 0.0953. The van der Waals surface area contributed by atoms with Gasteiger partial charge in [0.1, 0.15) is 31.5 Å². The maximum Gasteiger partial charge on any atom is 0.303 e. The molecule has 0 saturated carbocycles. The van der Waals surface area contributed by atoms with Crippen molar-refractivity contribution in [2.45, 2.75) is 114 Å². The van der Waals surface area contributed by atoms with Crippen LogP contribution in [-0.2, 0) is 85.7 Å². The zero-order valence-corrected chi connectivity index (χ0v) is 29.9. The molecule has 10 atom stereocenters. The molecule has 282 valence electrons. The molecule has 2 aliphatic heterocycles. The lowest BCUT2D eigenvalue weighted by Crippen LogP contribution is -2.67. The third-order valence-corrected chi connectivity index (χ3v) is 6.89. The molecule has 0 radical (unpaired) electrons. The van der Waals surface area contributed by atoms with Crippen molar-refractivity contribution < 1.29 is 85.7 Å². The van der Waals surface area contributed by atoms with E-state index in [0.29, 0.717) is 0 Å². The number of esters is 7. The maximum atomic E-state index is 12.4. The Morgan fingerprint density at radius 2 is 0.840 bits per heavy atom. The summed E-state index contributed by atoms with van der Waals surface area (Å²) in [4.78, 5) is 84.9. The van der Waals surface area contributed by atoms with Gasteiger partial charge in [-0.05, 0) is 0 Å². The van der Waals surface area contributed by atoms with Gasteiger partial charge in [-0.2, -0.15) is 0 Å². The number of carbonyl (C=O) groups excluding carboxylic acids is 7. The first-order valence-electron chi connectivity index (χ1n) is 14.5. The molecule has 22 heteroatoms. The highest BCUT2D eigenvalue weighted by Crippen LogP contribution is 2.37. The topological polar surface area (TPSA) is 245 Å². The molecule has 0 aromatic rings. The van der Waals surface area contributed by atoms with E-state index < -0.39 is 126 Å². The average Bonchev–Trinajstić information content (AvgIpc) is 2.95. The molecule has 2 fully saturated rings. The van der Waals surface area contributed by atoms with Crippen LogP contribution < -0.4 is 0 Å². The highest BCUT2D eigenvalue weighted by molar-refractivity contribution is 6.76. The van der Waals surface area contributed by atoms with E-state index in [2.05, 4.69) is 0 Å². The normalized spacial score (nSPS) is 29.3. The van der Waals surface area contributed by atoms with E-state index in [9.17, 15) is 33.6 Å². The molecule has 0 aromatic heterocycles. The van der Waals surface area contributed by atoms with Crippen LogP contribution in [0, 0.1) is 5.41 Å². The standard InChI is InChI=1S/C28H36Cl3NO18/c1-10(33)40-8-17-19(42-12(3)35)21(43-13(4)36)23(45-15(6)38)25(47-17)49-20-18(9-41-11(2)34)48-26(50-27(32)28(29,30)31)24(46-16(7)39)22(20)44-14(5)37/h17-26,32H,8-9H2,1-7H3/t17?,18?,19-,20-,21-,22-,23?,24?,25+,26?/m1/s1. The number of hydrogen-bond acceptors (Lipinski definition) is 19. The minimum Gasteiger partial charge on any atom is -0.463 e. The predicted octanol–water partition coefficient (Wildman–Crippen LogP) is 0.970. The lowest BCUT2D eigenvalue weighted by atomic mass is 9.96. The number of halogens is 3. The zero-order valence-electron chi connectivity index (χ0n) is 27.7. The van der Waals surface area contributed by atoms with Gasteiger partial charge < -0.3 is 52.1 Å². The molecule has 0 bridgehead atoms. The first-order valence-corrected chi connectivity index (χ1v) is 15.7. The monoisotopic (exact) mass is 779 g/mol. The minimum absolute atomic E-state index is 0.617. The van der Waals surface area contributed by atoms with Crippen LogP contribution in [-0.4, -0.2) is 126 Å². The Bertz CT molecular complexity index is 1310. The van der Waals surface area contributed by atoms with Crippen molar-refractivity contribution in [2.24, 2.45) is 0 Å². The van der Waals surface area contributed by atoms with Crippen molar-refractivity contribution in [1.82, 2.24) is 0 Å². The van der Waals surface area contributed by atoms with Gasteiger partial charge in [-0.1, -0.05) is 34.8 Å². The number of ether oxygens (including phenoxy) is 11. The second kappa shape index (κ2) is 18.7. The molecule has 2 saturated heterocycles. The summed E-state index contributed by atoms with van der Waals surface area (Å²) >= 11 is 17.3. The Kier molecular flexibility index (Phi) is 15.9. The number of hydrogen-bond donors (Lipinski definition) is 1. The molecule has 50 heavy (non-hydrogen) atoms. The van der Waals surface area contributed by atoms with Crippen LogP contribution in [0.25, 0.3) is 0 Å². The molecule has 0 aliphatic carbocycles. The van der Waals surface area contributed by atoms with E-state index in [1.165, 1.54) is 0 Å². The van der Waals surface area contributed by atoms with Crippen LogP contribution in [0.5, 0.6) is 0 Å². The Balaban J connectivity index is 2.77. The van der Waals surface area contributed by atoms with E-state index >= 15 is 0 Å². The van der Waals surface area contributed by atoms with Gasteiger partial charge in [-0.25, -0.2) is 0 Å². The fraction of sp³-hybridized carbons (Fsp3) is 0.714. The molecular formula is C28H36Cl3NO18. The highest BCUT2D eigenvalue weighted by atomic mass is 35.6. The first kappa shape index (κ1) is 42.7. The zero-order chi connectivity index (χ0) is 38.1. The summed E-state index contributed by atoms with van der Waals surface area (Å²) < 4.78 is 58.1. The third-order valence-electron chi connectivity index (χ3n) is 6.38. The second-order valence-corrected chi connectivity index (χ2v) is 12.9. The van der Waals surface area contributed by atoms with Gasteiger partial charge in [0, 0.05) is 48.5 Å². The molecular weight excluding hydrogens is 745 g/mol. The van der Waals surface area contributed by atoms with Crippen LogP contribution in [0.15, 0.2) is 0 Å². The summed E-state index contributed by atoms with van der Waals surface area (Å²) in [6, 6.07) is 0. The highest BCUT2D eigenvalue weighted by Gasteiger charge is 2.58. The fourth-order valence-corrected chi connectivity index (χ4v) is 4.88. The lowest BCUT2D eigenvalue weighted by molar-refractivity contribution is -0.355. The SMILES string of the molecule is CC(=O)OCC1OC(OC(=N)C(Cl)(Cl)Cl)C(OC(C)=O)[C@H](OC(C)=O)[C@@H]1O[C@@H]1OC(COC(C)=O)[C@@H](OC(C)=O)[C@@H](OC(C)=O)C1OC(C)=O. The van der Waals surface area contributed by atoms with E-state index in [4.69, 9.17) is 92.3 Å². The summed E-state index contributed by atoms with van der Waals surface area (Å²) in [6.07, 6.45) is -17.0. The molecule has 5 unspecified atom stereocenters. The van der Waals surface area contributed by atoms with Crippen molar-refractivity contribution in [3.63, 3.8) is 0 Å². The van der Waals surface area contributed by atoms with E-state index in [1.54, 1.807) is 0 Å². The molecule has 2 aliphatic rings. The van der Waals surface area contributed by atoms with Crippen molar-refractivity contribution >= 4 is 82.5 Å².